The Balaban J connectivity index is 1.95. The molecular formula is C19H23N5O5S. The minimum Gasteiger partial charge on any atom is -0.490 e. The number of ketones is 1. The van der Waals surface area contributed by atoms with Gasteiger partial charge in [0, 0.05) is 37.7 Å². The highest BCUT2D eigenvalue weighted by molar-refractivity contribution is 7.90. The van der Waals surface area contributed by atoms with Crippen molar-refractivity contribution in [3.05, 3.63) is 57.5 Å². The smallest absolute Gasteiger partial charge is 0.345 e. The first-order valence-corrected chi connectivity index (χ1v) is 11.0. The molecule has 0 bridgehead atoms. The van der Waals surface area contributed by atoms with E-state index in [1.807, 2.05) is 0 Å². The van der Waals surface area contributed by atoms with E-state index in [9.17, 15) is 18.0 Å². The quantitative estimate of drug-likeness (QED) is 0.502. The number of hydrogen-bond acceptors (Lipinski definition) is 7. The minimum absolute atomic E-state index is 0.00422. The number of sulfone groups is 1. The van der Waals surface area contributed by atoms with E-state index in [0.29, 0.717) is 22.5 Å². The molecule has 0 aliphatic carbocycles. The van der Waals surface area contributed by atoms with Crippen molar-refractivity contribution in [2.24, 2.45) is 14.1 Å². The summed E-state index contributed by atoms with van der Waals surface area (Å²) in [7, 11) is -0.293. The molecule has 160 valence electrons. The third-order valence-electron chi connectivity index (χ3n) is 4.79. The molecule has 30 heavy (non-hydrogen) atoms. The zero-order chi connectivity index (χ0) is 22.2. The van der Waals surface area contributed by atoms with Crippen LogP contribution in [0.4, 0.5) is 0 Å². The molecule has 3 rings (SSSR count). The van der Waals surface area contributed by atoms with Gasteiger partial charge < -0.3 is 4.74 Å². The largest absolute Gasteiger partial charge is 0.490 e. The number of nitrogens with zero attached hydrogens (tertiary/aromatic N) is 5. The normalized spacial score (nSPS) is 11.6. The molecular weight excluding hydrogens is 410 g/mol. The summed E-state index contributed by atoms with van der Waals surface area (Å²) in [6.45, 7) is 3.47. The molecule has 2 aromatic heterocycles. The van der Waals surface area contributed by atoms with Crippen LogP contribution >= 0.6 is 0 Å². The second-order valence-corrected chi connectivity index (χ2v) is 9.01. The third kappa shape index (κ3) is 4.06. The Bertz CT molecular complexity index is 1280. The summed E-state index contributed by atoms with van der Waals surface area (Å²) in [5.74, 6) is 0.354. The van der Waals surface area contributed by atoms with E-state index in [0.717, 1.165) is 6.26 Å². The molecule has 0 saturated heterocycles. The summed E-state index contributed by atoms with van der Waals surface area (Å²) in [6.07, 6.45) is 4.11. The highest BCUT2D eigenvalue weighted by Crippen LogP contribution is 2.31. The highest BCUT2D eigenvalue weighted by atomic mass is 32.2. The summed E-state index contributed by atoms with van der Waals surface area (Å²) in [5.41, 5.74) is 0.804. The van der Waals surface area contributed by atoms with Crippen molar-refractivity contribution < 1.29 is 17.9 Å². The first-order valence-electron chi connectivity index (χ1n) is 9.11. The molecule has 0 aliphatic rings. The molecule has 1 aromatic carbocycles. The van der Waals surface area contributed by atoms with Crippen LogP contribution in [-0.2, 0) is 30.5 Å². The van der Waals surface area contributed by atoms with Crippen molar-refractivity contribution in [2.75, 3.05) is 12.9 Å². The second kappa shape index (κ2) is 7.90. The lowest BCUT2D eigenvalue weighted by Gasteiger charge is -2.15. The van der Waals surface area contributed by atoms with E-state index >= 15 is 0 Å². The molecule has 11 heteroatoms. The standard InChI is InChI=1S/C19H23N5O5S/c1-12-15(17(25)14-10-20-22(3)11-14)6-7-16(30(5,27)28)18(12)29-9-8-24-19(26)23(4)13(2)21-24/h6-7,10-11H,8-9H2,1-5H3. The van der Waals surface area contributed by atoms with Gasteiger partial charge in [-0.2, -0.15) is 10.2 Å². The molecule has 0 amide bonds. The number of rotatable bonds is 7. The lowest BCUT2D eigenvalue weighted by molar-refractivity contribution is 0.103. The van der Waals surface area contributed by atoms with Crippen LogP contribution in [0, 0.1) is 13.8 Å². The van der Waals surface area contributed by atoms with Gasteiger partial charge in [0.2, 0.25) is 0 Å². The SMILES string of the molecule is Cc1c(C(=O)c2cnn(C)c2)ccc(S(C)(=O)=O)c1OCCn1nc(C)n(C)c1=O. The lowest BCUT2D eigenvalue weighted by atomic mass is 10.0. The molecule has 3 aromatic rings. The predicted octanol–water partition coefficient (Wildman–Crippen LogP) is 0.646. The topological polar surface area (TPSA) is 118 Å². The molecule has 0 saturated carbocycles. The van der Waals surface area contributed by atoms with Crippen molar-refractivity contribution in [2.45, 2.75) is 25.3 Å². The van der Waals surface area contributed by atoms with Crippen LogP contribution in [0.3, 0.4) is 0 Å². The molecule has 0 unspecified atom stereocenters. The number of carbonyl (C=O) groups excluding carboxylic acids is 1. The van der Waals surface area contributed by atoms with Gasteiger partial charge in [-0.05, 0) is 26.0 Å². The molecule has 0 fully saturated rings. The maximum absolute atomic E-state index is 12.9. The Morgan fingerprint density at radius 2 is 1.90 bits per heavy atom. The van der Waals surface area contributed by atoms with Crippen molar-refractivity contribution in [1.29, 1.82) is 0 Å². The summed E-state index contributed by atoms with van der Waals surface area (Å²) in [4.78, 5) is 24.9. The number of hydrogen-bond donors (Lipinski definition) is 0. The number of carbonyl (C=O) groups is 1. The second-order valence-electron chi connectivity index (χ2n) is 7.03. The average molecular weight is 433 g/mol. The molecule has 2 heterocycles. The van der Waals surface area contributed by atoms with Crippen molar-refractivity contribution in [3.8, 4) is 5.75 Å². The first-order chi connectivity index (χ1) is 14.0. The van der Waals surface area contributed by atoms with E-state index in [1.54, 1.807) is 34.1 Å². The number of ether oxygens (including phenoxy) is 1. The van der Waals surface area contributed by atoms with E-state index in [-0.39, 0.29) is 35.3 Å². The lowest BCUT2D eigenvalue weighted by Crippen LogP contribution is -2.25. The molecule has 0 atom stereocenters. The minimum atomic E-state index is -3.61. The zero-order valence-corrected chi connectivity index (χ0v) is 18.2. The molecule has 0 spiro atoms. The maximum Gasteiger partial charge on any atom is 0.345 e. The van der Waals surface area contributed by atoms with Crippen molar-refractivity contribution in [1.82, 2.24) is 24.1 Å². The van der Waals surface area contributed by atoms with Gasteiger partial charge in [0.05, 0.1) is 18.3 Å². The number of aryl methyl sites for hydroxylation is 2. The Kier molecular flexibility index (Phi) is 5.66. The van der Waals surface area contributed by atoms with Crippen LogP contribution in [0.25, 0.3) is 0 Å². The monoisotopic (exact) mass is 433 g/mol. The molecule has 10 nitrogen and oxygen atoms in total. The van der Waals surface area contributed by atoms with Gasteiger partial charge in [0.1, 0.15) is 23.1 Å². The molecule has 0 N–H and O–H groups in total. The van der Waals surface area contributed by atoms with Gasteiger partial charge in [-0.3, -0.25) is 14.0 Å². The Labute approximate surface area is 173 Å². The highest BCUT2D eigenvalue weighted by Gasteiger charge is 2.23. The Morgan fingerprint density at radius 1 is 1.20 bits per heavy atom. The van der Waals surface area contributed by atoms with Gasteiger partial charge in [-0.15, -0.1) is 0 Å². The van der Waals surface area contributed by atoms with Gasteiger partial charge in [-0.25, -0.2) is 17.9 Å². The van der Waals surface area contributed by atoms with E-state index in [4.69, 9.17) is 4.74 Å². The summed E-state index contributed by atoms with van der Waals surface area (Å²) >= 11 is 0. The van der Waals surface area contributed by atoms with Gasteiger partial charge in [0.25, 0.3) is 0 Å². The van der Waals surface area contributed by atoms with Crippen molar-refractivity contribution in [3.63, 3.8) is 0 Å². The summed E-state index contributed by atoms with van der Waals surface area (Å²) in [5, 5.41) is 8.13. The van der Waals surface area contributed by atoms with Gasteiger partial charge in [0.15, 0.2) is 15.6 Å². The van der Waals surface area contributed by atoms with Gasteiger partial charge >= 0.3 is 5.69 Å². The van der Waals surface area contributed by atoms with Crippen LogP contribution in [0.15, 0.2) is 34.2 Å². The van der Waals surface area contributed by atoms with Crippen LogP contribution in [0.5, 0.6) is 5.75 Å². The summed E-state index contributed by atoms with van der Waals surface area (Å²) in [6, 6.07) is 2.83. The Morgan fingerprint density at radius 3 is 2.43 bits per heavy atom. The first kappa shape index (κ1) is 21.5. The van der Waals surface area contributed by atoms with Crippen LogP contribution in [-0.4, -0.2) is 51.2 Å². The molecule has 0 aliphatic heterocycles. The fraction of sp³-hybridized carbons (Fsp3) is 0.368. The maximum atomic E-state index is 12.9. The average Bonchev–Trinajstić information content (AvgIpc) is 3.20. The van der Waals surface area contributed by atoms with Gasteiger partial charge in [-0.1, -0.05) is 0 Å². The summed E-state index contributed by atoms with van der Waals surface area (Å²) < 4.78 is 34.4. The molecule has 0 radical (unpaired) electrons. The zero-order valence-electron chi connectivity index (χ0n) is 17.4. The Hall–Kier alpha value is -3.21. The van der Waals surface area contributed by atoms with Crippen LogP contribution in [0.1, 0.15) is 27.3 Å². The number of aromatic nitrogens is 5. The third-order valence-corrected chi connectivity index (χ3v) is 5.91. The fourth-order valence-corrected chi connectivity index (χ4v) is 3.92. The number of benzene rings is 1. The van der Waals surface area contributed by atoms with E-state index in [2.05, 4.69) is 10.2 Å². The van der Waals surface area contributed by atoms with Crippen molar-refractivity contribution >= 4 is 15.6 Å². The predicted molar refractivity (Wildman–Crippen MR) is 109 cm³/mol. The van der Waals surface area contributed by atoms with Crippen LogP contribution < -0.4 is 10.4 Å². The van der Waals surface area contributed by atoms with E-state index < -0.39 is 9.84 Å². The van der Waals surface area contributed by atoms with Crippen LogP contribution in [0.2, 0.25) is 0 Å². The fourth-order valence-electron chi connectivity index (χ4n) is 3.05. The van der Waals surface area contributed by atoms with E-state index in [1.165, 1.54) is 32.3 Å².